The molecule has 0 aliphatic carbocycles. The van der Waals surface area contributed by atoms with Crippen LogP contribution in [0.25, 0.3) is 10.2 Å². The summed E-state index contributed by atoms with van der Waals surface area (Å²) in [7, 11) is 0. The summed E-state index contributed by atoms with van der Waals surface area (Å²) in [5, 5.41) is 9.31. The van der Waals surface area contributed by atoms with E-state index >= 15 is 0 Å². The highest BCUT2D eigenvalue weighted by Gasteiger charge is 2.25. The van der Waals surface area contributed by atoms with Gasteiger partial charge in [-0.3, -0.25) is 0 Å². The number of carbonyl (C=O) groups excluding carboxylic acids is 1. The highest BCUT2D eigenvalue weighted by atomic mass is 32.1. The number of urea groups is 1. The van der Waals surface area contributed by atoms with E-state index in [0.717, 1.165) is 30.0 Å². The smallest absolute Gasteiger partial charge is 0.319 e. The number of benzene rings is 1. The molecule has 5 nitrogen and oxygen atoms in total. The van der Waals surface area contributed by atoms with Crippen molar-refractivity contribution in [2.24, 2.45) is 0 Å². The standard InChI is InChI=1S/C21H24N4OS/c1-14(2)15-3-5-16(6-4-15)23-21(26)24-17-8-11-25(13-17)19-7-10-22-20-18(19)9-12-27-20/h3-7,9-10,12,14,17H,8,11,13H2,1-2H3,(H2,23,24,26). The third-order valence-electron chi connectivity index (χ3n) is 5.04. The number of thiophene rings is 1. The summed E-state index contributed by atoms with van der Waals surface area (Å²) in [5.41, 5.74) is 3.29. The highest BCUT2D eigenvalue weighted by Crippen LogP contribution is 2.31. The van der Waals surface area contributed by atoms with Gasteiger partial charge in [0.2, 0.25) is 0 Å². The van der Waals surface area contributed by atoms with Crippen LogP contribution in [-0.4, -0.2) is 30.1 Å². The summed E-state index contributed by atoms with van der Waals surface area (Å²) in [6, 6.07) is 12.2. The number of amides is 2. The maximum Gasteiger partial charge on any atom is 0.319 e. The number of fused-ring (bicyclic) bond motifs is 1. The van der Waals surface area contributed by atoms with E-state index in [2.05, 4.69) is 64.0 Å². The van der Waals surface area contributed by atoms with Gasteiger partial charge >= 0.3 is 6.03 Å². The third-order valence-corrected chi connectivity index (χ3v) is 5.87. The minimum atomic E-state index is -0.144. The first-order chi connectivity index (χ1) is 13.1. The van der Waals surface area contributed by atoms with Crippen molar-refractivity contribution in [3.8, 4) is 0 Å². The number of pyridine rings is 1. The zero-order valence-corrected chi connectivity index (χ0v) is 16.4. The van der Waals surface area contributed by atoms with E-state index in [1.54, 1.807) is 11.3 Å². The second-order valence-corrected chi connectivity index (χ2v) is 8.17. The molecule has 2 N–H and O–H groups in total. The lowest BCUT2D eigenvalue weighted by atomic mass is 10.0. The van der Waals surface area contributed by atoms with E-state index < -0.39 is 0 Å². The van der Waals surface area contributed by atoms with E-state index in [9.17, 15) is 4.79 Å². The fourth-order valence-corrected chi connectivity index (χ4v) is 4.29. The Balaban J connectivity index is 1.35. The van der Waals surface area contributed by atoms with Gasteiger partial charge in [-0.25, -0.2) is 9.78 Å². The van der Waals surface area contributed by atoms with Crippen LogP contribution in [0.4, 0.5) is 16.2 Å². The molecule has 0 bridgehead atoms. The average molecular weight is 381 g/mol. The summed E-state index contributed by atoms with van der Waals surface area (Å²) in [6.45, 7) is 6.07. The maximum atomic E-state index is 12.4. The molecule has 1 aromatic carbocycles. The largest absolute Gasteiger partial charge is 0.369 e. The van der Waals surface area contributed by atoms with Gasteiger partial charge in [0, 0.05) is 42.1 Å². The zero-order chi connectivity index (χ0) is 18.8. The third kappa shape index (κ3) is 3.90. The lowest BCUT2D eigenvalue weighted by Crippen LogP contribution is -2.39. The average Bonchev–Trinajstić information content (AvgIpc) is 3.31. The van der Waals surface area contributed by atoms with E-state index in [4.69, 9.17) is 0 Å². The Labute approximate surface area is 163 Å². The quantitative estimate of drug-likeness (QED) is 0.682. The minimum Gasteiger partial charge on any atom is -0.369 e. The van der Waals surface area contributed by atoms with Crippen molar-refractivity contribution in [3.63, 3.8) is 0 Å². The number of aromatic nitrogens is 1. The molecule has 2 amide bonds. The molecule has 1 aliphatic rings. The van der Waals surface area contributed by atoms with Crippen molar-refractivity contribution in [3.05, 3.63) is 53.5 Å². The Kier molecular flexibility index (Phi) is 4.99. The van der Waals surface area contributed by atoms with Crippen molar-refractivity contribution in [2.75, 3.05) is 23.3 Å². The summed E-state index contributed by atoms with van der Waals surface area (Å²) < 4.78 is 0. The van der Waals surface area contributed by atoms with Crippen molar-refractivity contribution in [1.82, 2.24) is 10.3 Å². The normalized spacial score (nSPS) is 16.9. The van der Waals surface area contributed by atoms with Crippen LogP contribution in [-0.2, 0) is 0 Å². The van der Waals surface area contributed by atoms with Gasteiger partial charge in [0.15, 0.2) is 0 Å². The summed E-state index contributed by atoms with van der Waals surface area (Å²) in [6.07, 6.45) is 2.80. The van der Waals surface area contributed by atoms with Gasteiger partial charge in [0.05, 0.1) is 0 Å². The lowest BCUT2D eigenvalue weighted by Gasteiger charge is -2.20. The van der Waals surface area contributed by atoms with E-state index in [1.165, 1.54) is 16.6 Å². The summed E-state index contributed by atoms with van der Waals surface area (Å²) >= 11 is 1.66. The number of nitrogens with zero attached hydrogens (tertiary/aromatic N) is 2. The second kappa shape index (κ2) is 7.56. The number of carbonyl (C=O) groups is 1. The van der Waals surface area contributed by atoms with Crippen LogP contribution >= 0.6 is 11.3 Å². The summed E-state index contributed by atoms with van der Waals surface area (Å²) in [5.74, 6) is 0.486. The first-order valence-corrected chi connectivity index (χ1v) is 10.2. The molecule has 2 aromatic heterocycles. The number of hydrogen-bond donors (Lipinski definition) is 2. The Hall–Kier alpha value is -2.60. The van der Waals surface area contributed by atoms with Crippen molar-refractivity contribution in [1.29, 1.82) is 0 Å². The van der Waals surface area contributed by atoms with Crippen molar-refractivity contribution < 1.29 is 4.79 Å². The molecular formula is C21H24N4OS. The van der Waals surface area contributed by atoms with Crippen LogP contribution in [0.3, 0.4) is 0 Å². The SMILES string of the molecule is CC(C)c1ccc(NC(=O)NC2CCN(c3ccnc4sccc34)C2)cc1. The van der Waals surface area contributed by atoms with Crippen LogP contribution in [0, 0.1) is 0 Å². The molecule has 1 unspecified atom stereocenters. The summed E-state index contributed by atoms with van der Waals surface area (Å²) in [4.78, 5) is 20.2. The van der Waals surface area contributed by atoms with Crippen LogP contribution in [0.1, 0.15) is 31.7 Å². The van der Waals surface area contributed by atoms with Gasteiger partial charge in [-0.2, -0.15) is 0 Å². The number of nitrogens with one attached hydrogen (secondary N) is 2. The Morgan fingerprint density at radius 3 is 2.81 bits per heavy atom. The molecule has 6 heteroatoms. The molecule has 0 spiro atoms. The molecule has 1 saturated heterocycles. The van der Waals surface area contributed by atoms with Gasteiger partial charge < -0.3 is 15.5 Å². The van der Waals surface area contributed by atoms with Gasteiger partial charge in [-0.15, -0.1) is 11.3 Å². The van der Waals surface area contributed by atoms with Crippen molar-refractivity contribution in [2.45, 2.75) is 32.2 Å². The monoisotopic (exact) mass is 380 g/mol. The highest BCUT2D eigenvalue weighted by molar-refractivity contribution is 7.16. The van der Waals surface area contributed by atoms with Crippen molar-refractivity contribution >= 4 is 39.0 Å². The number of anilines is 2. The zero-order valence-electron chi connectivity index (χ0n) is 15.6. The predicted molar refractivity (Wildman–Crippen MR) is 113 cm³/mol. The Morgan fingerprint density at radius 1 is 1.22 bits per heavy atom. The minimum absolute atomic E-state index is 0.141. The number of rotatable bonds is 4. The predicted octanol–water partition coefficient (Wildman–Crippen LogP) is 4.82. The first kappa shape index (κ1) is 17.8. The topological polar surface area (TPSA) is 57.3 Å². The van der Waals surface area contributed by atoms with Crippen LogP contribution in [0.2, 0.25) is 0 Å². The van der Waals surface area contributed by atoms with E-state index in [1.807, 2.05) is 18.3 Å². The maximum absolute atomic E-state index is 12.4. The van der Waals surface area contributed by atoms with Gasteiger partial charge in [0.25, 0.3) is 0 Å². The molecule has 3 aromatic rings. The molecule has 140 valence electrons. The van der Waals surface area contributed by atoms with Crippen LogP contribution < -0.4 is 15.5 Å². The molecule has 0 saturated carbocycles. The number of hydrogen-bond acceptors (Lipinski definition) is 4. The van der Waals surface area contributed by atoms with E-state index in [-0.39, 0.29) is 12.1 Å². The molecule has 1 atom stereocenters. The fourth-order valence-electron chi connectivity index (χ4n) is 3.54. The molecule has 3 heterocycles. The molecular weight excluding hydrogens is 356 g/mol. The van der Waals surface area contributed by atoms with Crippen LogP contribution in [0.15, 0.2) is 48.0 Å². The van der Waals surface area contributed by atoms with Gasteiger partial charge in [-0.1, -0.05) is 26.0 Å². The lowest BCUT2D eigenvalue weighted by molar-refractivity contribution is 0.249. The molecule has 1 fully saturated rings. The molecule has 27 heavy (non-hydrogen) atoms. The van der Waals surface area contributed by atoms with Gasteiger partial charge in [-0.05, 0) is 47.5 Å². The van der Waals surface area contributed by atoms with Gasteiger partial charge in [0.1, 0.15) is 4.83 Å². The Morgan fingerprint density at radius 2 is 2.04 bits per heavy atom. The van der Waals surface area contributed by atoms with Crippen LogP contribution in [0.5, 0.6) is 0 Å². The Bertz CT molecular complexity index is 935. The molecule has 1 aliphatic heterocycles. The second-order valence-electron chi connectivity index (χ2n) is 7.28. The molecule has 0 radical (unpaired) electrons. The first-order valence-electron chi connectivity index (χ1n) is 9.35. The van der Waals surface area contributed by atoms with E-state index in [0.29, 0.717) is 5.92 Å². The molecule has 4 rings (SSSR count). The fraction of sp³-hybridized carbons (Fsp3) is 0.333.